The number of aromatic amines is 1. The summed E-state index contributed by atoms with van der Waals surface area (Å²) in [5, 5.41) is 12.8. The van der Waals surface area contributed by atoms with Crippen molar-refractivity contribution in [3.63, 3.8) is 0 Å². The zero-order valence-corrected chi connectivity index (χ0v) is 14.6. The highest BCUT2D eigenvalue weighted by Gasteiger charge is 2.18. The Bertz CT molecular complexity index is 807. The summed E-state index contributed by atoms with van der Waals surface area (Å²) in [6.07, 6.45) is 2.88. The number of benzene rings is 1. The molecule has 0 bridgehead atoms. The fourth-order valence-corrected chi connectivity index (χ4v) is 2.37. The lowest BCUT2D eigenvalue weighted by Gasteiger charge is -2.14. The van der Waals surface area contributed by atoms with E-state index in [0.29, 0.717) is 22.9 Å². The van der Waals surface area contributed by atoms with Gasteiger partial charge in [0.2, 0.25) is 0 Å². The minimum absolute atomic E-state index is 0.184. The summed E-state index contributed by atoms with van der Waals surface area (Å²) < 4.78 is 0. The third kappa shape index (κ3) is 3.65. The Labute approximate surface area is 146 Å². The predicted molar refractivity (Wildman–Crippen MR) is 101 cm³/mol. The van der Waals surface area contributed by atoms with E-state index in [1.54, 1.807) is 0 Å². The number of nitrogens with two attached hydrogens (primary N) is 1. The minimum Gasteiger partial charge on any atom is -0.383 e. The molecule has 0 aliphatic heterocycles. The van der Waals surface area contributed by atoms with Gasteiger partial charge in [0.15, 0.2) is 0 Å². The Morgan fingerprint density at radius 1 is 1.25 bits per heavy atom. The number of alkyl halides is 1. The molecule has 3 aromatic rings. The van der Waals surface area contributed by atoms with Crippen molar-refractivity contribution >= 4 is 39.9 Å². The van der Waals surface area contributed by atoms with Crippen molar-refractivity contribution in [3.05, 3.63) is 47.9 Å². The second-order valence-corrected chi connectivity index (χ2v) is 5.43. The maximum atomic E-state index is 8.50. The van der Waals surface area contributed by atoms with E-state index in [4.69, 9.17) is 11.1 Å². The second kappa shape index (κ2) is 7.79. The topological polar surface area (TPSA) is 103 Å². The van der Waals surface area contributed by atoms with Gasteiger partial charge in [-0.1, -0.05) is 18.2 Å². The highest BCUT2D eigenvalue weighted by molar-refractivity contribution is 6.16. The molecule has 7 heteroatoms. The molecule has 126 valence electrons. The lowest BCUT2D eigenvalue weighted by molar-refractivity contribution is 0.885. The number of rotatable bonds is 4. The number of hydrogen-bond donors (Lipinski definition) is 4. The maximum Gasteiger partial charge on any atom is 0.141 e. The standard InChI is InChI=1S/C16H18N6.CH3Cl/c1-9(2)21-16-13(15(18)19-8-20-16)14(17)12-7-10-5-3-4-6-11(10)22-12;1-2/h3-9,17,22H,1-2H3,(H3,18,19,20,21);1H3. The molecule has 0 spiro atoms. The van der Waals surface area contributed by atoms with Crippen LogP contribution in [0.3, 0.4) is 0 Å². The summed E-state index contributed by atoms with van der Waals surface area (Å²) >= 11 is 4.64. The summed E-state index contributed by atoms with van der Waals surface area (Å²) in [5.74, 6) is 0.868. The van der Waals surface area contributed by atoms with Gasteiger partial charge < -0.3 is 16.0 Å². The van der Waals surface area contributed by atoms with E-state index in [1.165, 1.54) is 12.7 Å². The lowest BCUT2D eigenvalue weighted by atomic mass is 10.1. The van der Waals surface area contributed by atoms with Gasteiger partial charge >= 0.3 is 0 Å². The smallest absolute Gasteiger partial charge is 0.141 e. The van der Waals surface area contributed by atoms with Gasteiger partial charge in [0.25, 0.3) is 0 Å². The first-order valence-electron chi connectivity index (χ1n) is 7.48. The van der Waals surface area contributed by atoms with E-state index in [9.17, 15) is 0 Å². The number of para-hydroxylation sites is 1. The molecule has 3 rings (SSSR count). The number of aromatic nitrogens is 3. The average Bonchev–Trinajstić information content (AvgIpc) is 3.00. The number of H-pyrrole nitrogens is 1. The first kappa shape index (κ1) is 17.7. The van der Waals surface area contributed by atoms with Crippen LogP contribution in [-0.4, -0.2) is 33.1 Å². The number of fused-ring (bicyclic) bond motifs is 1. The van der Waals surface area contributed by atoms with Gasteiger partial charge in [-0.2, -0.15) is 0 Å². The average molecular weight is 345 g/mol. The lowest BCUT2D eigenvalue weighted by Crippen LogP contribution is -2.18. The van der Waals surface area contributed by atoms with Gasteiger partial charge in [-0.15, -0.1) is 11.6 Å². The van der Waals surface area contributed by atoms with Gasteiger partial charge in [-0.3, -0.25) is 5.41 Å². The molecule has 2 heterocycles. The largest absolute Gasteiger partial charge is 0.383 e. The number of nitrogens with zero attached hydrogens (tertiary/aromatic N) is 2. The zero-order chi connectivity index (χ0) is 17.7. The van der Waals surface area contributed by atoms with E-state index >= 15 is 0 Å². The molecule has 0 atom stereocenters. The van der Waals surface area contributed by atoms with Crippen LogP contribution in [0.5, 0.6) is 0 Å². The van der Waals surface area contributed by atoms with Crippen LogP contribution in [0.2, 0.25) is 0 Å². The molecular formula is C17H21ClN6. The third-order valence-corrected chi connectivity index (χ3v) is 3.35. The van der Waals surface area contributed by atoms with Crippen LogP contribution in [0.4, 0.5) is 11.6 Å². The monoisotopic (exact) mass is 344 g/mol. The van der Waals surface area contributed by atoms with E-state index < -0.39 is 0 Å². The van der Waals surface area contributed by atoms with E-state index in [2.05, 4.69) is 31.9 Å². The second-order valence-electron chi connectivity index (χ2n) is 5.43. The van der Waals surface area contributed by atoms with Crippen LogP contribution in [0, 0.1) is 5.41 Å². The van der Waals surface area contributed by atoms with E-state index in [-0.39, 0.29) is 11.8 Å². The van der Waals surface area contributed by atoms with Crippen molar-refractivity contribution in [1.82, 2.24) is 15.0 Å². The molecule has 24 heavy (non-hydrogen) atoms. The summed E-state index contributed by atoms with van der Waals surface area (Å²) in [7, 11) is 0. The fraction of sp³-hybridized carbons (Fsp3) is 0.235. The Balaban J connectivity index is 0.00000100. The molecule has 1 aromatic carbocycles. The predicted octanol–water partition coefficient (Wildman–Crippen LogP) is 3.63. The first-order chi connectivity index (χ1) is 11.6. The van der Waals surface area contributed by atoms with Crippen LogP contribution in [-0.2, 0) is 0 Å². The molecule has 0 fully saturated rings. The fourth-order valence-electron chi connectivity index (χ4n) is 2.37. The molecule has 5 N–H and O–H groups in total. The van der Waals surface area contributed by atoms with Crippen LogP contribution >= 0.6 is 11.6 Å². The van der Waals surface area contributed by atoms with Crippen molar-refractivity contribution in [2.45, 2.75) is 19.9 Å². The van der Waals surface area contributed by atoms with E-state index in [0.717, 1.165) is 10.9 Å². The Morgan fingerprint density at radius 3 is 2.62 bits per heavy atom. The molecule has 0 saturated heterocycles. The Morgan fingerprint density at radius 2 is 1.96 bits per heavy atom. The van der Waals surface area contributed by atoms with Gasteiger partial charge in [0.1, 0.15) is 18.0 Å². The minimum atomic E-state index is 0.184. The molecule has 2 aromatic heterocycles. The van der Waals surface area contributed by atoms with Crippen LogP contribution in [0.25, 0.3) is 10.9 Å². The molecule has 0 aliphatic rings. The highest BCUT2D eigenvalue weighted by Crippen LogP contribution is 2.24. The summed E-state index contributed by atoms with van der Waals surface area (Å²) in [4.78, 5) is 11.5. The SMILES string of the molecule is CC(C)Nc1ncnc(N)c1C(=N)c1cc2ccccc2[nH]1.CCl. The maximum absolute atomic E-state index is 8.50. The molecule has 6 nitrogen and oxygen atoms in total. The number of nitrogens with one attached hydrogen (secondary N) is 3. The molecule has 0 unspecified atom stereocenters. The van der Waals surface area contributed by atoms with Crippen molar-refractivity contribution in [3.8, 4) is 0 Å². The zero-order valence-electron chi connectivity index (χ0n) is 13.9. The first-order valence-corrected chi connectivity index (χ1v) is 8.23. The normalized spacial score (nSPS) is 10.4. The van der Waals surface area contributed by atoms with Gasteiger partial charge in [-0.05, 0) is 26.0 Å². The number of anilines is 2. The molecule has 0 aliphatic carbocycles. The number of hydrogen-bond acceptors (Lipinski definition) is 5. The molecular weight excluding hydrogens is 324 g/mol. The Kier molecular flexibility index (Phi) is 5.76. The molecule has 0 radical (unpaired) electrons. The van der Waals surface area contributed by atoms with Crippen LogP contribution in [0.15, 0.2) is 36.7 Å². The van der Waals surface area contributed by atoms with E-state index in [1.807, 2.05) is 44.2 Å². The van der Waals surface area contributed by atoms with Crippen molar-refractivity contribution in [1.29, 1.82) is 5.41 Å². The third-order valence-electron chi connectivity index (χ3n) is 3.35. The number of nitrogen functional groups attached to an aromatic ring is 1. The summed E-state index contributed by atoms with van der Waals surface area (Å²) in [6.45, 7) is 4.02. The summed E-state index contributed by atoms with van der Waals surface area (Å²) in [6, 6.07) is 10.0. The highest BCUT2D eigenvalue weighted by atomic mass is 35.5. The van der Waals surface area contributed by atoms with Crippen molar-refractivity contribution in [2.24, 2.45) is 0 Å². The Hall–Kier alpha value is -2.60. The van der Waals surface area contributed by atoms with Crippen molar-refractivity contribution in [2.75, 3.05) is 17.4 Å². The van der Waals surface area contributed by atoms with Crippen LogP contribution < -0.4 is 11.1 Å². The van der Waals surface area contributed by atoms with Gasteiger partial charge in [0.05, 0.1) is 17.0 Å². The summed E-state index contributed by atoms with van der Waals surface area (Å²) in [5.41, 5.74) is 8.45. The van der Waals surface area contributed by atoms with Crippen molar-refractivity contribution < 1.29 is 0 Å². The van der Waals surface area contributed by atoms with Gasteiger partial charge in [0, 0.05) is 23.3 Å². The molecule has 0 saturated carbocycles. The van der Waals surface area contributed by atoms with Crippen LogP contribution in [0.1, 0.15) is 25.1 Å². The molecule has 0 amide bonds. The van der Waals surface area contributed by atoms with Gasteiger partial charge in [-0.25, -0.2) is 9.97 Å². The number of halogens is 1. The quantitative estimate of drug-likeness (QED) is 0.428.